The Labute approximate surface area is 92.7 Å². The smallest absolute Gasteiger partial charge is 0.384 e. The van der Waals surface area contributed by atoms with Crippen molar-refractivity contribution >= 4 is 7.60 Å². The van der Waals surface area contributed by atoms with Gasteiger partial charge in [-0.2, -0.15) is 0 Å². The molecule has 0 fully saturated rings. The molecule has 15 heavy (non-hydrogen) atoms. The van der Waals surface area contributed by atoms with Gasteiger partial charge in [-0.15, -0.1) is 0 Å². The van der Waals surface area contributed by atoms with Crippen molar-refractivity contribution in [2.24, 2.45) is 0 Å². The summed E-state index contributed by atoms with van der Waals surface area (Å²) >= 11 is 0. The van der Waals surface area contributed by atoms with Crippen molar-refractivity contribution < 1.29 is 13.6 Å². The average molecular weight is 232 g/mol. The van der Waals surface area contributed by atoms with Gasteiger partial charge in [0, 0.05) is 0 Å². The monoisotopic (exact) mass is 232 g/mol. The summed E-state index contributed by atoms with van der Waals surface area (Å²) in [6.07, 6.45) is 1.19. The summed E-state index contributed by atoms with van der Waals surface area (Å²) in [5.41, 5.74) is 1.92. The van der Waals surface area contributed by atoms with Gasteiger partial charge < -0.3 is 4.52 Å². The lowest BCUT2D eigenvalue weighted by Crippen LogP contribution is -2.26. The average Bonchev–Trinajstić information content (AvgIpc) is 1.95. The molecule has 0 aromatic rings. The molecular formula is C11H21O3P. The molecule has 1 unspecified atom stereocenters. The van der Waals surface area contributed by atoms with E-state index in [9.17, 15) is 4.57 Å². The summed E-state index contributed by atoms with van der Waals surface area (Å²) in [6, 6.07) is 0. The van der Waals surface area contributed by atoms with Gasteiger partial charge >= 0.3 is 7.60 Å². The molecule has 0 rings (SSSR count). The highest BCUT2D eigenvalue weighted by Crippen LogP contribution is 2.61. The van der Waals surface area contributed by atoms with E-state index < -0.39 is 18.4 Å². The molecule has 0 aliphatic heterocycles. The first-order chi connectivity index (χ1) is 6.52. The largest absolute Gasteiger partial charge is 0.423 e. The van der Waals surface area contributed by atoms with Crippen LogP contribution < -0.4 is 0 Å². The van der Waals surface area contributed by atoms with Crippen molar-refractivity contribution in [3.63, 3.8) is 0 Å². The molecule has 0 N–H and O–H groups in total. The molecule has 0 aliphatic rings. The van der Waals surface area contributed by atoms with Gasteiger partial charge in [-0.05, 0) is 41.5 Å². The van der Waals surface area contributed by atoms with Crippen LogP contribution in [0.3, 0.4) is 0 Å². The van der Waals surface area contributed by atoms with Crippen LogP contribution in [0, 0.1) is 0 Å². The Morgan fingerprint density at radius 3 is 1.93 bits per heavy atom. The van der Waals surface area contributed by atoms with Crippen LogP contribution in [0.4, 0.5) is 0 Å². The van der Waals surface area contributed by atoms with Gasteiger partial charge in [0.15, 0.2) is 0 Å². The summed E-state index contributed by atoms with van der Waals surface area (Å²) in [5, 5.41) is -0.576. The van der Waals surface area contributed by atoms with Crippen molar-refractivity contribution in [1.82, 2.24) is 0 Å². The van der Waals surface area contributed by atoms with Gasteiger partial charge in [-0.3, -0.25) is 4.52 Å². The first-order valence-corrected chi connectivity index (χ1v) is 6.40. The molecule has 88 valence electrons. The molecule has 0 aromatic heterocycles. The van der Waals surface area contributed by atoms with Gasteiger partial charge in [-0.1, -0.05) is 12.3 Å². The SMILES string of the molecule is C=C=COP(=O)(OC(C)(C)C)C(C)(C)C. The van der Waals surface area contributed by atoms with Crippen LogP contribution in [0.25, 0.3) is 0 Å². The van der Waals surface area contributed by atoms with Crippen LogP contribution in [-0.4, -0.2) is 10.8 Å². The van der Waals surface area contributed by atoms with E-state index in [4.69, 9.17) is 9.05 Å². The Morgan fingerprint density at radius 1 is 1.20 bits per heavy atom. The Balaban J connectivity index is 5.05. The van der Waals surface area contributed by atoms with Crippen molar-refractivity contribution in [2.45, 2.75) is 52.3 Å². The van der Waals surface area contributed by atoms with Crippen LogP contribution in [0.5, 0.6) is 0 Å². The highest BCUT2D eigenvalue weighted by atomic mass is 31.2. The third-order valence-electron chi connectivity index (χ3n) is 1.49. The van der Waals surface area contributed by atoms with Crippen LogP contribution in [-0.2, 0) is 13.6 Å². The molecule has 0 aromatic carbocycles. The minimum absolute atomic E-state index is 0.516. The predicted octanol–water partition coefficient (Wildman–Crippen LogP) is 4.11. The molecule has 0 saturated heterocycles. The van der Waals surface area contributed by atoms with Crippen molar-refractivity contribution in [3.8, 4) is 0 Å². The zero-order valence-corrected chi connectivity index (χ0v) is 11.4. The molecule has 3 nitrogen and oxygen atoms in total. The van der Waals surface area contributed by atoms with Gasteiger partial charge in [-0.25, -0.2) is 4.57 Å². The molecule has 0 radical (unpaired) electrons. The molecule has 4 heteroatoms. The molecule has 0 heterocycles. The lowest BCUT2D eigenvalue weighted by molar-refractivity contribution is 0.100. The van der Waals surface area contributed by atoms with E-state index in [1.165, 1.54) is 6.26 Å². The quantitative estimate of drug-likeness (QED) is 0.417. The van der Waals surface area contributed by atoms with E-state index >= 15 is 0 Å². The third-order valence-corrected chi connectivity index (χ3v) is 4.30. The first-order valence-electron chi connectivity index (χ1n) is 4.85. The molecule has 0 saturated carbocycles. The standard InChI is InChI=1S/C11H21O3P/c1-8-9-13-15(12,11(5,6)7)14-10(2,3)4/h9H,1H2,2-7H3. The Bertz CT molecular complexity index is 301. The fourth-order valence-corrected chi connectivity index (χ4v) is 2.35. The Hall–Kier alpha value is -0.490. The molecule has 0 spiro atoms. The summed E-state index contributed by atoms with van der Waals surface area (Å²) in [6.45, 7) is 14.3. The summed E-state index contributed by atoms with van der Waals surface area (Å²) in [4.78, 5) is 0. The number of hydrogen-bond donors (Lipinski definition) is 0. The fraction of sp³-hybridized carbons (Fsp3) is 0.727. The lowest BCUT2D eigenvalue weighted by Gasteiger charge is -2.33. The lowest BCUT2D eigenvalue weighted by atomic mass is 10.2. The van der Waals surface area contributed by atoms with E-state index in [1.54, 1.807) is 0 Å². The topological polar surface area (TPSA) is 35.5 Å². The normalized spacial score (nSPS) is 16.4. The van der Waals surface area contributed by atoms with Crippen molar-refractivity contribution in [2.75, 3.05) is 0 Å². The molecular weight excluding hydrogens is 211 g/mol. The molecule has 0 bridgehead atoms. The maximum Gasteiger partial charge on any atom is 0.384 e. The third kappa shape index (κ3) is 4.70. The summed E-state index contributed by atoms with van der Waals surface area (Å²) < 4.78 is 23.1. The maximum atomic E-state index is 12.5. The fourth-order valence-electron chi connectivity index (χ4n) is 0.784. The second-order valence-corrected chi connectivity index (χ2v) is 8.03. The summed E-state index contributed by atoms with van der Waals surface area (Å²) in [7, 11) is -3.20. The highest BCUT2D eigenvalue weighted by Gasteiger charge is 2.43. The zero-order valence-electron chi connectivity index (χ0n) is 10.5. The molecule has 0 aliphatic carbocycles. The predicted molar refractivity (Wildman–Crippen MR) is 63.0 cm³/mol. The second kappa shape index (κ2) is 4.57. The second-order valence-electron chi connectivity index (χ2n) is 5.30. The van der Waals surface area contributed by atoms with Crippen molar-refractivity contribution in [3.05, 3.63) is 18.6 Å². The van der Waals surface area contributed by atoms with Gasteiger partial charge in [0.05, 0.1) is 10.8 Å². The number of rotatable bonds is 3. The molecule has 1 atom stereocenters. The van der Waals surface area contributed by atoms with E-state index in [2.05, 4.69) is 12.3 Å². The van der Waals surface area contributed by atoms with Crippen LogP contribution in [0.15, 0.2) is 18.6 Å². The van der Waals surface area contributed by atoms with Gasteiger partial charge in [0.2, 0.25) is 0 Å². The van der Waals surface area contributed by atoms with Gasteiger partial charge in [0.25, 0.3) is 0 Å². The van der Waals surface area contributed by atoms with Crippen LogP contribution in [0.2, 0.25) is 0 Å². The first kappa shape index (κ1) is 14.5. The summed E-state index contributed by atoms with van der Waals surface area (Å²) in [5.74, 6) is 0. The Kier molecular flexibility index (Phi) is 4.42. The van der Waals surface area contributed by atoms with Gasteiger partial charge in [0.1, 0.15) is 6.26 Å². The zero-order chi connectivity index (χ0) is 12.3. The van der Waals surface area contributed by atoms with E-state index in [0.29, 0.717) is 0 Å². The van der Waals surface area contributed by atoms with E-state index in [-0.39, 0.29) is 0 Å². The maximum absolute atomic E-state index is 12.5. The van der Waals surface area contributed by atoms with E-state index in [0.717, 1.165) is 0 Å². The van der Waals surface area contributed by atoms with Crippen molar-refractivity contribution in [1.29, 1.82) is 0 Å². The molecule has 0 amide bonds. The minimum atomic E-state index is -3.20. The number of hydrogen-bond acceptors (Lipinski definition) is 3. The van der Waals surface area contributed by atoms with E-state index in [1.807, 2.05) is 41.5 Å². The highest BCUT2D eigenvalue weighted by molar-refractivity contribution is 7.55. The van der Waals surface area contributed by atoms with Crippen LogP contribution >= 0.6 is 7.60 Å². The Morgan fingerprint density at radius 2 is 1.67 bits per heavy atom. The van der Waals surface area contributed by atoms with Crippen LogP contribution in [0.1, 0.15) is 41.5 Å². The minimum Gasteiger partial charge on any atom is -0.423 e.